The molecule has 3 amide bonds. The van der Waals surface area contributed by atoms with Gasteiger partial charge in [0.1, 0.15) is 0 Å². The minimum Gasteiger partial charge on any atom is -0.338 e. The molecule has 0 aliphatic carbocycles. The van der Waals surface area contributed by atoms with Gasteiger partial charge in [0.05, 0.1) is 10.7 Å². The molecule has 3 N–H and O–H groups in total. The largest absolute Gasteiger partial charge is 0.338 e. The number of piperidine rings is 1. The summed E-state index contributed by atoms with van der Waals surface area (Å²) in [4.78, 5) is 28.7. The SMILES string of the molecule is Cc1ccc(NC(=O)CCNC(=O)NC2CCN(CCN(C)C)CC2)c(Cl)c1. The molecule has 0 spiro atoms. The van der Waals surface area contributed by atoms with Gasteiger partial charge >= 0.3 is 6.03 Å². The number of carbonyl (C=O) groups excluding carboxylic acids is 2. The van der Waals surface area contributed by atoms with Crippen LogP contribution in [0.25, 0.3) is 0 Å². The van der Waals surface area contributed by atoms with Crippen LogP contribution in [0.5, 0.6) is 0 Å². The van der Waals surface area contributed by atoms with Crippen molar-refractivity contribution in [1.29, 1.82) is 0 Å². The molecule has 1 aliphatic heterocycles. The Hall–Kier alpha value is -1.83. The second kappa shape index (κ2) is 11.2. The van der Waals surface area contributed by atoms with Crippen molar-refractivity contribution in [3.8, 4) is 0 Å². The Morgan fingerprint density at radius 2 is 1.96 bits per heavy atom. The van der Waals surface area contributed by atoms with Crippen molar-refractivity contribution in [3.05, 3.63) is 28.8 Å². The van der Waals surface area contributed by atoms with Gasteiger partial charge in [-0.1, -0.05) is 17.7 Å². The molecule has 1 aromatic carbocycles. The summed E-state index contributed by atoms with van der Waals surface area (Å²) in [5, 5.41) is 9.04. The smallest absolute Gasteiger partial charge is 0.315 e. The Labute approximate surface area is 172 Å². The maximum Gasteiger partial charge on any atom is 0.315 e. The molecule has 0 radical (unpaired) electrons. The molecule has 7 nitrogen and oxygen atoms in total. The van der Waals surface area contributed by atoms with E-state index in [2.05, 4.69) is 39.8 Å². The van der Waals surface area contributed by atoms with E-state index in [1.807, 2.05) is 13.0 Å². The van der Waals surface area contributed by atoms with Gasteiger partial charge in [0, 0.05) is 45.2 Å². The number of aryl methyl sites for hydroxylation is 1. The van der Waals surface area contributed by atoms with Crippen molar-refractivity contribution < 1.29 is 9.59 Å². The molecular formula is C20H32ClN5O2. The zero-order valence-electron chi connectivity index (χ0n) is 17.1. The van der Waals surface area contributed by atoms with Gasteiger partial charge < -0.3 is 25.8 Å². The predicted octanol–water partition coefficient (Wildman–Crippen LogP) is 2.30. The van der Waals surface area contributed by atoms with Crippen LogP contribution in [-0.4, -0.2) is 74.6 Å². The molecule has 0 atom stereocenters. The summed E-state index contributed by atoms with van der Waals surface area (Å²) in [7, 11) is 4.16. The topological polar surface area (TPSA) is 76.7 Å². The van der Waals surface area contributed by atoms with E-state index in [-0.39, 0.29) is 30.9 Å². The summed E-state index contributed by atoms with van der Waals surface area (Å²) in [5.41, 5.74) is 1.62. The first kappa shape index (κ1) is 22.5. The van der Waals surface area contributed by atoms with Crippen LogP contribution in [0.1, 0.15) is 24.8 Å². The highest BCUT2D eigenvalue weighted by Crippen LogP contribution is 2.22. The molecule has 1 saturated heterocycles. The van der Waals surface area contributed by atoms with Gasteiger partial charge in [-0.15, -0.1) is 0 Å². The first-order chi connectivity index (χ1) is 13.3. The fourth-order valence-corrected chi connectivity index (χ4v) is 3.38. The third-order valence-corrected chi connectivity index (χ3v) is 5.14. The Morgan fingerprint density at radius 3 is 2.61 bits per heavy atom. The molecule has 0 unspecified atom stereocenters. The minimum absolute atomic E-state index is 0.180. The Morgan fingerprint density at radius 1 is 1.25 bits per heavy atom. The molecule has 1 aromatic rings. The van der Waals surface area contributed by atoms with Crippen molar-refractivity contribution in [2.45, 2.75) is 32.2 Å². The fourth-order valence-electron chi connectivity index (χ4n) is 3.10. The molecule has 0 bridgehead atoms. The zero-order chi connectivity index (χ0) is 20.5. The Bertz CT molecular complexity index is 660. The zero-order valence-corrected chi connectivity index (χ0v) is 17.8. The molecule has 1 heterocycles. The Balaban J connectivity index is 1.60. The van der Waals surface area contributed by atoms with Gasteiger partial charge in [-0.25, -0.2) is 4.79 Å². The number of likely N-dealkylation sites (N-methyl/N-ethyl adjacent to an activating group) is 1. The number of carbonyl (C=O) groups is 2. The van der Waals surface area contributed by atoms with Crippen molar-refractivity contribution >= 4 is 29.2 Å². The van der Waals surface area contributed by atoms with Crippen LogP contribution in [0.3, 0.4) is 0 Å². The fraction of sp³-hybridized carbons (Fsp3) is 0.600. The number of anilines is 1. The number of likely N-dealkylation sites (tertiary alicyclic amines) is 1. The van der Waals surface area contributed by atoms with Crippen molar-refractivity contribution in [2.75, 3.05) is 52.1 Å². The number of hydrogen-bond donors (Lipinski definition) is 3. The lowest BCUT2D eigenvalue weighted by Gasteiger charge is -2.32. The van der Waals surface area contributed by atoms with Gasteiger partial charge in [-0.05, 0) is 51.6 Å². The number of rotatable bonds is 8. The number of halogens is 1. The van der Waals surface area contributed by atoms with Crippen LogP contribution in [-0.2, 0) is 4.79 Å². The van der Waals surface area contributed by atoms with E-state index in [0.717, 1.165) is 44.6 Å². The number of urea groups is 1. The molecule has 0 saturated carbocycles. The summed E-state index contributed by atoms with van der Waals surface area (Å²) in [6.07, 6.45) is 2.10. The summed E-state index contributed by atoms with van der Waals surface area (Å²) in [6, 6.07) is 5.44. The highest BCUT2D eigenvalue weighted by atomic mass is 35.5. The lowest BCUT2D eigenvalue weighted by molar-refractivity contribution is -0.116. The van der Waals surface area contributed by atoms with Crippen LogP contribution in [0.2, 0.25) is 5.02 Å². The molecule has 1 aliphatic rings. The van der Waals surface area contributed by atoms with Crippen LogP contribution >= 0.6 is 11.6 Å². The second-order valence-corrected chi connectivity index (χ2v) is 8.01. The molecule has 156 valence electrons. The van der Waals surface area contributed by atoms with Crippen LogP contribution in [0, 0.1) is 6.92 Å². The van der Waals surface area contributed by atoms with Crippen LogP contribution < -0.4 is 16.0 Å². The predicted molar refractivity (Wildman–Crippen MR) is 114 cm³/mol. The number of amides is 3. The lowest BCUT2D eigenvalue weighted by Crippen LogP contribution is -2.49. The average Bonchev–Trinajstić information content (AvgIpc) is 2.63. The first-order valence-electron chi connectivity index (χ1n) is 9.81. The molecule has 0 aromatic heterocycles. The molecule has 8 heteroatoms. The van der Waals surface area contributed by atoms with Gasteiger partial charge in [-0.3, -0.25) is 4.79 Å². The third kappa shape index (κ3) is 8.04. The van der Waals surface area contributed by atoms with E-state index >= 15 is 0 Å². The third-order valence-electron chi connectivity index (χ3n) is 4.82. The van der Waals surface area contributed by atoms with E-state index < -0.39 is 0 Å². The van der Waals surface area contributed by atoms with E-state index in [4.69, 9.17) is 11.6 Å². The molecule has 2 rings (SSSR count). The summed E-state index contributed by atoms with van der Waals surface area (Å²) in [5.74, 6) is -0.180. The summed E-state index contributed by atoms with van der Waals surface area (Å²) in [6.45, 7) is 6.33. The van der Waals surface area contributed by atoms with Gasteiger partial charge in [0.25, 0.3) is 0 Å². The van der Waals surface area contributed by atoms with E-state index in [9.17, 15) is 9.59 Å². The lowest BCUT2D eigenvalue weighted by atomic mass is 10.1. The molecule has 1 fully saturated rings. The van der Waals surface area contributed by atoms with Crippen molar-refractivity contribution in [3.63, 3.8) is 0 Å². The molecular weight excluding hydrogens is 378 g/mol. The molecule has 28 heavy (non-hydrogen) atoms. The number of benzene rings is 1. The maximum absolute atomic E-state index is 12.0. The number of nitrogens with zero attached hydrogens (tertiary/aromatic N) is 2. The quantitative estimate of drug-likeness (QED) is 0.615. The van der Waals surface area contributed by atoms with Gasteiger partial charge in [-0.2, -0.15) is 0 Å². The first-order valence-corrected chi connectivity index (χ1v) is 10.2. The summed E-state index contributed by atoms with van der Waals surface area (Å²) < 4.78 is 0. The number of hydrogen-bond acceptors (Lipinski definition) is 4. The average molecular weight is 410 g/mol. The minimum atomic E-state index is -0.215. The van der Waals surface area contributed by atoms with Crippen molar-refractivity contribution in [1.82, 2.24) is 20.4 Å². The van der Waals surface area contributed by atoms with Gasteiger partial charge in [0.15, 0.2) is 0 Å². The second-order valence-electron chi connectivity index (χ2n) is 7.60. The maximum atomic E-state index is 12.0. The Kier molecular flexibility index (Phi) is 9.02. The van der Waals surface area contributed by atoms with Gasteiger partial charge in [0.2, 0.25) is 5.91 Å². The van der Waals surface area contributed by atoms with Crippen LogP contribution in [0.15, 0.2) is 18.2 Å². The van der Waals surface area contributed by atoms with E-state index in [0.29, 0.717) is 10.7 Å². The number of nitrogens with one attached hydrogen (secondary N) is 3. The highest BCUT2D eigenvalue weighted by Gasteiger charge is 2.20. The standard InChI is InChI=1S/C20H32ClN5O2/c1-15-4-5-18(17(21)14-15)24-19(27)6-9-22-20(28)23-16-7-10-26(11-8-16)13-12-25(2)3/h4-5,14,16H,6-13H2,1-3H3,(H,24,27)(H2,22,23,28). The normalized spacial score (nSPS) is 15.5. The van der Waals surface area contributed by atoms with E-state index in [1.165, 1.54) is 0 Å². The van der Waals surface area contributed by atoms with Crippen molar-refractivity contribution in [2.24, 2.45) is 0 Å². The summed E-state index contributed by atoms with van der Waals surface area (Å²) >= 11 is 6.11. The van der Waals surface area contributed by atoms with Crippen LogP contribution in [0.4, 0.5) is 10.5 Å². The monoisotopic (exact) mass is 409 g/mol. The highest BCUT2D eigenvalue weighted by molar-refractivity contribution is 6.33. The van der Waals surface area contributed by atoms with E-state index in [1.54, 1.807) is 12.1 Å².